The first kappa shape index (κ1) is 10.0. The van der Waals surface area contributed by atoms with Gasteiger partial charge in [-0.15, -0.1) is 0 Å². The van der Waals surface area contributed by atoms with Crippen molar-refractivity contribution in [3.8, 4) is 0 Å². The Balaban J connectivity index is 1.83. The zero-order valence-corrected chi connectivity index (χ0v) is 9.26. The zero-order chi connectivity index (χ0) is 11.3. The first-order valence-corrected chi connectivity index (χ1v) is 5.76. The van der Waals surface area contributed by atoms with E-state index in [9.17, 15) is 9.59 Å². The Morgan fingerprint density at radius 2 is 1.81 bits per heavy atom. The number of fused-ring (bicyclic) bond motifs is 5. The van der Waals surface area contributed by atoms with Crippen molar-refractivity contribution in [1.82, 2.24) is 4.90 Å². The number of nitrogens with zero attached hydrogens (tertiary/aromatic N) is 1. The summed E-state index contributed by atoms with van der Waals surface area (Å²) < 4.78 is 4.93. The maximum absolute atomic E-state index is 12.1. The van der Waals surface area contributed by atoms with Crippen molar-refractivity contribution in [2.75, 3.05) is 20.3 Å². The highest BCUT2D eigenvalue weighted by Gasteiger charge is 2.58. The molecule has 86 valence electrons. The van der Waals surface area contributed by atoms with E-state index in [0.717, 1.165) is 6.42 Å². The fourth-order valence-electron chi connectivity index (χ4n) is 3.37. The molecule has 4 nitrogen and oxygen atoms in total. The van der Waals surface area contributed by atoms with E-state index in [4.69, 9.17) is 4.74 Å². The van der Waals surface area contributed by atoms with Crippen molar-refractivity contribution < 1.29 is 14.3 Å². The van der Waals surface area contributed by atoms with Crippen molar-refractivity contribution >= 4 is 11.8 Å². The van der Waals surface area contributed by atoms with Gasteiger partial charge in [0.05, 0.1) is 25.0 Å². The molecule has 0 unspecified atom stereocenters. The number of carbonyl (C=O) groups is 2. The second kappa shape index (κ2) is 3.42. The summed E-state index contributed by atoms with van der Waals surface area (Å²) in [5, 5.41) is 0. The lowest BCUT2D eigenvalue weighted by atomic mass is 9.85. The Hall–Kier alpha value is -1.16. The van der Waals surface area contributed by atoms with Gasteiger partial charge in [-0.3, -0.25) is 14.5 Å². The van der Waals surface area contributed by atoms with Gasteiger partial charge in [0.2, 0.25) is 11.8 Å². The van der Waals surface area contributed by atoms with Gasteiger partial charge in [0.15, 0.2) is 0 Å². The fourth-order valence-corrected chi connectivity index (χ4v) is 3.37. The molecule has 2 bridgehead atoms. The van der Waals surface area contributed by atoms with Crippen LogP contribution in [0.5, 0.6) is 0 Å². The number of hydrogen-bond acceptors (Lipinski definition) is 3. The highest BCUT2D eigenvalue weighted by Crippen LogP contribution is 2.52. The van der Waals surface area contributed by atoms with Crippen LogP contribution in [0, 0.1) is 23.7 Å². The lowest BCUT2D eigenvalue weighted by molar-refractivity contribution is -0.141. The molecule has 0 aromatic heterocycles. The van der Waals surface area contributed by atoms with E-state index in [1.165, 1.54) is 4.90 Å². The summed E-state index contributed by atoms with van der Waals surface area (Å²) in [5.74, 6) is 0.504. The molecule has 2 fully saturated rings. The van der Waals surface area contributed by atoms with Gasteiger partial charge in [0.1, 0.15) is 0 Å². The number of hydrogen-bond donors (Lipinski definition) is 0. The van der Waals surface area contributed by atoms with E-state index < -0.39 is 0 Å². The molecule has 0 spiro atoms. The van der Waals surface area contributed by atoms with Crippen LogP contribution in [0.3, 0.4) is 0 Å². The number of ether oxygens (including phenoxy) is 1. The largest absolute Gasteiger partial charge is 0.383 e. The molecule has 3 rings (SSSR count). The monoisotopic (exact) mass is 221 g/mol. The predicted octanol–water partition coefficient (Wildman–Crippen LogP) is 0.440. The maximum Gasteiger partial charge on any atom is 0.233 e. The van der Waals surface area contributed by atoms with Crippen LogP contribution in [-0.4, -0.2) is 37.0 Å². The Morgan fingerprint density at radius 3 is 2.31 bits per heavy atom. The summed E-state index contributed by atoms with van der Waals surface area (Å²) in [4.78, 5) is 25.6. The molecule has 0 aromatic carbocycles. The molecule has 1 aliphatic heterocycles. The number of imide groups is 1. The molecule has 3 aliphatic rings. The number of rotatable bonds is 3. The van der Waals surface area contributed by atoms with Crippen LogP contribution < -0.4 is 0 Å². The molecule has 0 N–H and O–H groups in total. The van der Waals surface area contributed by atoms with Crippen LogP contribution in [0.15, 0.2) is 12.2 Å². The maximum atomic E-state index is 12.1. The van der Waals surface area contributed by atoms with Crippen LogP contribution in [0.1, 0.15) is 6.42 Å². The molecule has 1 saturated carbocycles. The van der Waals surface area contributed by atoms with Crippen molar-refractivity contribution in [2.45, 2.75) is 6.42 Å². The number of methoxy groups -OCH3 is 1. The van der Waals surface area contributed by atoms with Gasteiger partial charge in [-0.2, -0.15) is 0 Å². The lowest BCUT2D eigenvalue weighted by Gasteiger charge is -2.16. The van der Waals surface area contributed by atoms with Gasteiger partial charge in [-0.1, -0.05) is 12.2 Å². The SMILES string of the molecule is COCCN1C(=O)[C@H]2[C@H](C1=O)[C@H]1C=C[C@H]2C1. The topological polar surface area (TPSA) is 46.6 Å². The standard InChI is InChI=1S/C12H15NO3/c1-16-5-4-13-11(14)9-7-2-3-8(6-7)10(9)12(13)15/h2-3,7-10H,4-6H2,1H3/t7-,8-,9+,10+/m0/s1. The van der Waals surface area contributed by atoms with E-state index in [-0.39, 0.29) is 23.7 Å². The molecule has 4 heteroatoms. The van der Waals surface area contributed by atoms with Crippen molar-refractivity contribution in [3.63, 3.8) is 0 Å². The highest BCUT2D eigenvalue weighted by atomic mass is 16.5. The molecule has 1 saturated heterocycles. The van der Waals surface area contributed by atoms with Crippen LogP contribution in [0.4, 0.5) is 0 Å². The molecule has 0 aromatic rings. The summed E-state index contributed by atoms with van der Waals surface area (Å²) in [5.41, 5.74) is 0. The van der Waals surface area contributed by atoms with Gasteiger partial charge >= 0.3 is 0 Å². The second-order valence-corrected chi connectivity index (χ2v) is 4.82. The third-order valence-electron chi connectivity index (χ3n) is 4.08. The zero-order valence-electron chi connectivity index (χ0n) is 9.26. The van der Waals surface area contributed by atoms with E-state index in [1.54, 1.807) is 7.11 Å². The average Bonchev–Trinajstić information content (AvgIpc) is 2.92. The summed E-state index contributed by atoms with van der Waals surface area (Å²) in [6, 6.07) is 0. The third kappa shape index (κ3) is 1.13. The number of allylic oxidation sites excluding steroid dienone is 2. The third-order valence-corrected chi connectivity index (χ3v) is 4.08. The lowest BCUT2D eigenvalue weighted by Crippen LogP contribution is -2.35. The Morgan fingerprint density at radius 1 is 1.25 bits per heavy atom. The Kier molecular flexibility index (Phi) is 2.14. The summed E-state index contributed by atoms with van der Waals surface area (Å²) in [6.07, 6.45) is 5.21. The molecule has 2 aliphatic carbocycles. The quantitative estimate of drug-likeness (QED) is 0.513. The summed E-state index contributed by atoms with van der Waals surface area (Å²) in [7, 11) is 1.58. The predicted molar refractivity (Wildman–Crippen MR) is 56.3 cm³/mol. The molecular formula is C12H15NO3. The van der Waals surface area contributed by atoms with E-state index in [1.807, 2.05) is 0 Å². The normalized spacial score (nSPS) is 39.9. The highest BCUT2D eigenvalue weighted by molar-refractivity contribution is 6.06. The molecular weight excluding hydrogens is 206 g/mol. The van der Waals surface area contributed by atoms with Crippen molar-refractivity contribution in [1.29, 1.82) is 0 Å². The number of likely N-dealkylation sites (tertiary alicyclic amines) is 1. The minimum atomic E-state index is -0.0700. The van der Waals surface area contributed by atoms with Gasteiger partial charge in [-0.05, 0) is 18.3 Å². The van der Waals surface area contributed by atoms with E-state index >= 15 is 0 Å². The summed E-state index contributed by atoms with van der Waals surface area (Å²) in [6.45, 7) is 0.834. The first-order chi connectivity index (χ1) is 7.74. The Bertz CT molecular complexity index is 346. The minimum absolute atomic E-state index is 0.0175. The molecule has 2 amide bonds. The van der Waals surface area contributed by atoms with Gasteiger partial charge < -0.3 is 4.74 Å². The minimum Gasteiger partial charge on any atom is -0.383 e. The molecule has 1 heterocycles. The Labute approximate surface area is 94.2 Å². The van der Waals surface area contributed by atoms with E-state index in [0.29, 0.717) is 25.0 Å². The van der Waals surface area contributed by atoms with Crippen molar-refractivity contribution in [3.05, 3.63) is 12.2 Å². The average molecular weight is 221 g/mol. The van der Waals surface area contributed by atoms with Crippen LogP contribution in [0.25, 0.3) is 0 Å². The number of amides is 2. The molecule has 16 heavy (non-hydrogen) atoms. The van der Waals surface area contributed by atoms with Crippen LogP contribution >= 0.6 is 0 Å². The second-order valence-electron chi connectivity index (χ2n) is 4.82. The van der Waals surface area contributed by atoms with E-state index in [2.05, 4.69) is 12.2 Å². The van der Waals surface area contributed by atoms with Gasteiger partial charge in [0.25, 0.3) is 0 Å². The van der Waals surface area contributed by atoms with Crippen LogP contribution in [0.2, 0.25) is 0 Å². The molecule has 0 radical (unpaired) electrons. The number of carbonyl (C=O) groups excluding carboxylic acids is 2. The first-order valence-electron chi connectivity index (χ1n) is 5.76. The molecule has 4 atom stereocenters. The van der Waals surface area contributed by atoms with Gasteiger partial charge in [0, 0.05) is 7.11 Å². The van der Waals surface area contributed by atoms with Crippen LogP contribution in [-0.2, 0) is 14.3 Å². The summed E-state index contributed by atoms with van der Waals surface area (Å²) >= 11 is 0. The van der Waals surface area contributed by atoms with Gasteiger partial charge in [-0.25, -0.2) is 0 Å². The van der Waals surface area contributed by atoms with Crippen molar-refractivity contribution in [2.24, 2.45) is 23.7 Å². The fraction of sp³-hybridized carbons (Fsp3) is 0.667. The smallest absolute Gasteiger partial charge is 0.233 e.